The van der Waals surface area contributed by atoms with E-state index in [1.807, 2.05) is 0 Å². The van der Waals surface area contributed by atoms with Gasteiger partial charge in [0.15, 0.2) is 23.9 Å². The Bertz CT molecular complexity index is 221. The second-order valence-electron chi connectivity index (χ2n) is 2.39. The number of hydrogen-bond acceptors (Lipinski definition) is 6. The quantitative estimate of drug-likeness (QED) is 0.201. The van der Waals surface area contributed by atoms with E-state index >= 15 is 0 Å². The van der Waals surface area contributed by atoms with Crippen LogP contribution < -0.4 is 41.0 Å². The molecular weight excluding hydrogens is 366 g/mol. The predicted molar refractivity (Wildman–Crippen MR) is 75.2 cm³/mol. The van der Waals surface area contributed by atoms with Crippen LogP contribution in [-0.4, -0.2) is 50.8 Å². The fourth-order valence-electron chi connectivity index (χ4n) is 0.0962. The molecule has 0 aliphatic heterocycles. The van der Waals surface area contributed by atoms with Crippen LogP contribution in [0.2, 0.25) is 0 Å². The van der Waals surface area contributed by atoms with Gasteiger partial charge >= 0.3 is 29.6 Å². The summed E-state index contributed by atoms with van der Waals surface area (Å²) in [5.41, 5.74) is 9.96. The maximum Gasteiger partial charge on any atom is 1.00 e. The Morgan fingerprint density at radius 2 is 0.957 bits per heavy atom. The summed E-state index contributed by atoms with van der Waals surface area (Å²) in [6.45, 7) is 12.4. The van der Waals surface area contributed by atoms with Crippen molar-refractivity contribution in [2.75, 3.05) is 6.54 Å². The van der Waals surface area contributed by atoms with Gasteiger partial charge in [0.2, 0.25) is 0 Å². The van der Waals surface area contributed by atoms with Gasteiger partial charge in [-0.3, -0.25) is 53.4 Å². The summed E-state index contributed by atoms with van der Waals surface area (Å²) >= 11 is 0. The summed E-state index contributed by atoms with van der Waals surface area (Å²) < 4.78 is 0. The van der Waals surface area contributed by atoms with E-state index in [1.54, 1.807) is 6.54 Å². The van der Waals surface area contributed by atoms with Crippen molar-refractivity contribution in [2.45, 2.75) is 6.42 Å². The Labute approximate surface area is 169 Å². The molecule has 0 fully saturated rings. The minimum absolute atomic E-state index is 0. The van der Waals surface area contributed by atoms with E-state index < -0.39 is 23.9 Å². The molecule has 0 unspecified atom stereocenters. The van der Waals surface area contributed by atoms with E-state index in [9.17, 15) is 0 Å². The van der Waals surface area contributed by atoms with Crippen molar-refractivity contribution in [3.05, 3.63) is 34.2 Å². The van der Waals surface area contributed by atoms with E-state index in [-0.39, 0.29) is 48.1 Å². The molecule has 10 nitrogen and oxygen atoms in total. The van der Waals surface area contributed by atoms with Crippen molar-refractivity contribution < 1.29 is 87.7 Å². The number of carboxylic acid groups (broad SMARTS) is 4. The number of nitrogens with two attached hydrogens (primary N) is 2. The van der Waals surface area contributed by atoms with Crippen LogP contribution in [0, 0.1) is 34.2 Å². The molecule has 0 saturated carbocycles. The Morgan fingerprint density at radius 3 is 0.957 bits per heavy atom. The third-order valence-electron chi connectivity index (χ3n) is 0.333. The van der Waals surface area contributed by atoms with Crippen molar-refractivity contribution >= 4 is 23.9 Å². The van der Waals surface area contributed by atoms with E-state index in [0.29, 0.717) is 6.54 Å². The molecule has 137 valence electrons. The summed E-state index contributed by atoms with van der Waals surface area (Å²) in [6.07, 6.45) is 0.819. The Kier molecular flexibility index (Phi) is 80.2. The number of carboxylic acids is 4. The fraction of sp³-hybridized carbons (Fsp3) is 0.182. The van der Waals surface area contributed by atoms with Gasteiger partial charge in [-0.2, -0.15) is 6.42 Å². The number of aliphatic carboxylic acids is 4. The summed E-state index contributed by atoms with van der Waals surface area (Å²) in [4.78, 5) is 35.6. The van der Waals surface area contributed by atoms with E-state index in [4.69, 9.17) is 51.1 Å². The van der Waals surface area contributed by atoms with E-state index in [0.717, 1.165) is 6.42 Å². The second kappa shape index (κ2) is 42.8. The zero-order valence-electron chi connectivity index (χ0n) is 13.8. The predicted octanol–water partition coefficient (Wildman–Crippen LogP) is -3.81. The molecule has 0 aliphatic carbocycles. The largest absolute Gasteiger partial charge is 1.00 e. The van der Waals surface area contributed by atoms with Crippen LogP contribution in [0.1, 0.15) is 7.85 Å². The molecule has 0 bridgehead atoms. The smallest absolute Gasteiger partial charge is 1.00 e. The first kappa shape index (κ1) is 43.1. The minimum atomic E-state index is -1.08. The standard InChI is InChI=1S/C3H9N2.4C2H3O2.Mn.Na.H/c4-2-1-3-5;4*1-2(3)4;;;/h2H,1,3-5H2;4*1H2,(H,3,4);;;/q5*-1;;+1;-1. The molecule has 12 heteroatoms. The SMILES string of the molecule is N[CH-]CCN.[CH2-]C(=O)O.[CH2-]C(=O)O.[CH2-]C(=O)O.[CH2-]C(=O)O.[H-].[Mn].[Na+]. The number of hydrogen-bond donors (Lipinski definition) is 6. The van der Waals surface area contributed by atoms with Gasteiger partial charge in [-0.25, -0.2) is 0 Å². The van der Waals surface area contributed by atoms with Crippen molar-refractivity contribution in [1.82, 2.24) is 0 Å². The van der Waals surface area contributed by atoms with Crippen LogP contribution >= 0.6 is 0 Å². The van der Waals surface area contributed by atoms with Crippen LogP contribution in [0.15, 0.2) is 0 Å². The van der Waals surface area contributed by atoms with Crippen LogP contribution in [0.4, 0.5) is 0 Å². The molecule has 0 rings (SSSR count). The Morgan fingerprint density at radius 1 is 0.826 bits per heavy atom. The molecular formula is C11H22MnN2NaO8-5. The Hall–Kier alpha value is -1.20. The van der Waals surface area contributed by atoms with E-state index in [1.165, 1.54) is 0 Å². The normalized spacial score (nSPS) is 6.00. The zero-order valence-corrected chi connectivity index (χ0v) is 16.0. The van der Waals surface area contributed by atoms with Crippen molar-refractivity contribution in [3.63, 3.8) is 0 Å². The van der Waals surface area contributed by atoms with Crippen LogP contribution in [-0.2, 0) is 36.2 Å². The van der Waals surface area contributed by atoms with Gasteiger partial charge in [0, 0.05) is 17.1 Å². The molecule has 0 aromatic carbocycles. The third-order valence-corrected chi connectivity index (χ3v) is 0.333. The van der Waals surface area contributed by atoms with Gasteiger partial charge in [0.05, 0.1) is 0 Å². The first-order chi connectivity index (χ1) is 9.34. The molecule has 1 radical (unpaired) electrons. The molecule has 0 aromatic heterocycles. The van der Waals surface area contributed by atoms with E-state index in [2.05, 4.69) is 27.7 Å². The molecule has 8 N–H and O–H groups in total. The maximum absolute atomic E-state index is 8.89. The summed E-state index contributed by atoms with van der Waals surface area (Å²) in [7, 11) is 0. The van der Waals surface area contributed by atoms with Crippen molar-refractivity contribution in [1.29, 1.82) is 0 Å². The molecule has 23 heavy (non-hydrogen) atoms. The van der Waals surface area contributed by atoms with Gasteiger partial charge < -0.3 is 33.3 Å². The topological polar surface area (TPSA) is 201 Å². The molecule has 0 atom stereocenters. The zero-order chi connectivity index (χ0) is 18.4. The second-order valence-corrected chi connectivity index (χ2v) is 2.39. The minimum Gasteiger partial charge on any atom is -1.00 e. The average molecular weight is 388 g/mol. The van der Waals surface area contributed by atoms with Gasteiger partial charge in [0.1, 0.15) is 0 Å². The first-order valence-corrected chi connectivity index (χ1v) is 4.77. The average Bonchev–Trinajstić information content (AvgIpc) is 2.14. The first-order valence-electron chi connectivity index (χ1n) is 4.77. The summed E-state index contributed by atoms with van der Waals surface area (Å²) in [6, 6.07) is 0. The summed E-state index contributed by atoms with van der Waals surface area (Å²) in [5.74, 6) is -4.33. The van der Waals surface area contributed by atoms with Gasteiger partial charge in [-0.05, 0) is 6.54 Å². The van der Waals surface area contributed by atoms with Crippen LogP contribution in [0.3, 0.4) is 0 Å². The molecule has 0 spiro atoms. The molecule has 0 saturated heterocycles. The maximum atomic E-state index is 8.89. The fourth-order valence-corrected chi connectivity index (χ4v) is 0.0962. The third kappa shape index (κ3) is 11500. The van der Waals surface area contributed by atoms with Crippen molar-refractivity contribution in [2.24, 2.45) is 11.5 Å². The van der Waals surface area contributed by atoms with Gasteiger partial charge in [-0.15, -0.1) is 0 Å². The molecule has 0 aliphatic rings. The van der Waals surface area contributed by atoms with Gasteiger partial charge in [-0.1, -0.05) is 0 Å². The Balaban J connectivity index is -0.0000000216. The summed E-state index contributed by atoms with van der Waals surface area (Å²) in [5, 5.41) is 29.2. The molecule has 0 heterocycles. The van der Waals surface area contributed by atoms with Crippen LogP contribution in [0.25, 0.3) is 0 Å². The molecule has 0 amide bonds. The monoisotopic (exact) mass is 388 g/mol. The van der Waals surface area contributed by atoms with Crippen LogP contribution in [0.5, 0.6) is 0 Å². The molecule has 0 aromatic rings. The number of rotatable bonds is 2. The van der Waals surface area contributed by atoms with Gasteiger partial charge in [0.25, 0.3) is 0 Å². The number of carbonyl (C=O) groups is 4. The van der Waals surface area contributed by atoms with Crippen molar-refractivity contribution in [3.8, 4) is 0 Å².